The fourth-order valence-electron chi connectivity index (χ4n) is 4.51. The van der Waals surface area contributed by atoms with Gasteiger partial charge in [-0.25, -0.2) is 4.79 Å². The van der Waals surface area contributed by atoms with Crippen LogP contribution in [0.1, 0.15) is 67.0 Å². The van der Waals surface area contributed by atoms with E-state index >= 15 is 0 Å². The normalized spacial score (nSPS) is 14.7. The first kappa shape index (κ1) is 35.8. The highest BCUT2D eigenvalue weighted by atomic mass is 35.5. The first-order chi connectivity index (χ1) is 20.3. The van der Waals surface area contributed by atoms with Crippen LogP contribution in [0.4, 0.5) is 13.2 Å². The number of amides is 1. The predicted octanol–water partition coefficient (Wildman–Crippen LogP) is 5.44. The summed E-state index contributed by atoms with van der Waals surface area (Å²) in [6.07, 6.45) is -0.736. The minimum atomic E-state index is -5.08. The Morgan fingerprint density at radius 2 is 1.58 bits per heavy atom. The number of carbonyl (C=O) groups is 3. The highest BCUT2D eigenvalue weighted by Gasteiger charge is 2.38. The quantitative estimate of drug-likeness (QED) is 0.186. The van der Waals surface area contributed by atoms with Gasteiger partial charge >= 0.3 is 12.1 Å². The Kier molecular flexibility index (Phi) is 14.7. The Morgan fingerprint density at radius 1 is 0.977 bits per heavy atom. The summed E-state index contributed by atoms with van der Waals surface area (Å²) < 4.78 is 42.1. The van der Waals surface area contributed by atoms with E-state index in [4.69, 9.17) is 31.0 Å². The van der Waals surface area contributed by atoms with Crippen LogP contribution in [0.25, 0.3) is 0 Å². The lowest BCUT2D eigenvalue weighted by Gasteiger charge is -2.29. The highest BCUT2D eigenvalue weighted by Crippen LogP contribution is 2.29. The summed E-state index contributed by atoms with van der Waals surface area (Å²) in [4.78, 5) is 36.3. The molecule has 3 rings (SSSR count). The van der Waals surface area contributed by atoms with Gasteiger partial charge in [0.15, 0.2) is 5.78 Å². The van der Waals surface area contributed by atoms with Crippen molar-refractivity contribution in [2.45, 2.75) is 63.3 Å². The number of ether oxygens (including phenoxy) is 2. The molecule has 1 amide bonds. The standard InChI is InChI=1S/C28H37ClN2O5.C2HF3O2/c1-35-22-13-10-20(11-14-22)25(32)8-4-3-5-9-27(33)30-24(19-31-16-6-7-17-31)28(34)21-12-15-26(36-2)23(29)18-21;3-2(4,5)1(6)7/h10-15,18,24,28,34H,3-9,16-17,19H2,1-2H3,(H,30,33);(H,6,7)/t24-,28-;/m1./s1. The number of halogens is 4. The molecule has 238 valence electrons. The molecule has 2 atom stereocenters. The summed E-state index contributed by atoms with van der Waals surface area (Å²) in [5.41, 5.74) is 1.31. The molecule has 0 spiro atoms. The smallest absolute Gasteiger partial charge is 0.490 e. The Hall–Kier alpha value is -3.35. The summed E-state index contributed by atoms with van der Waals surface area (Å²) in [7, 11) is 3.14. The monoisotopic (exact) mass is 630 g/mol. The van der Waals surface area contributed by atoms with Crippen LogP contribution in [0.5, 0.6) is 11.5 Å². The van der Waals surface area contributed by atoms with E-state index in [1.165, 1.54) is 0 Å². The molecular formula is C30H38ClF3N2O7. The molecule has 1 aliphatic heterocycles. The number of benzene rings is 2. The van der Waals surface area contributed by atoms with Gasteiger partial charge in [0.25, 0.3) is 0 Å². The SMILES string of the molecule is COc1ccc(C(=O)CCCCCC(=O)N[C@H](CN2CCCC2)[C@H](O)c2ccc(OC)c(Cl)c2)cc1.O=C(O)C(F)(F)F. The second kappa shape index (κ2) is 17.7. The summed E-state index contributed by atoms with van der Waals surface area (Å²) >= 11 is 6.26. The second-order valence-electron chi connectivity index (χ2n) is 10.0. The maximum Gasteiger partial charge on any atom is 0.490 e. The molecular weight excluding hydrogens is 593 g/mol. The van der Waals surface area contributed by atoms with Gasteiger partial charge in [-0.1, -0.05) is 24.1 Å². The van der Waals surface area contributed by atoms with Crippen molar-refractivity contribution in [1.82, 2.24) is 10.2 Å². The molecule has 13 heteroatoms. The van der Waals surface area contributed by atoms with Gasteiger partial charge in [-0.05, 0) is 80.7 Å². The number of Topliss-reactive ketones (excluding diaryl/α,β-unsaturated/α-hetero) is 1. The maximum atomic E-state index is 12.7. The van der Waals surface area contributed by atoms with Crippen LogP contribution in [0.2, 0.25) is 5.02 Å². The Labute approximate surface area is 253 Å². The van der Waals surface area contributed by atoms with Gasteiger partial charge in [-0.15, -0.1) is 0 Å². The molecule has 1 heterocycles. The minimum absolute atomic E-state index is 0.0917. The lowest BCUT2D eigenvalue weighted by molar-refractivity contribution is -0.192. The zero-order valence-corrected chi connectivity index (χ0v) is 24.9. The van der Waals surface area contributed by atoms with Crippen molar-refractivity contribution < 1.29 is 47.2 Å². The third-order valence-electron chi connectivity index (χ3n) is 6.86. The average molecular weight is 631 g/mol. The van der Waals surface area contributed by atoms with E-state index in [2.05, 4.69) is 10.2 Å². The number of alkyl halides is 3. The molecule has 9 nitrogen and oxygen atoms in total. The molecule has 0 unspecified atom stereocenters. The molecule has 3 N–H and O–H groups in total. The van der Waals surface area contributed by atoms with Gasteiger partial charge in [0.1, 0.15) is 17.6 Å². The maximum absolute atomic E-state index is 12.7. The van der Waals surface area contributed by atoms with Crippen LogP contribution >= 0.6 is 11.6 Å². The number of nitrogens with one attached hydrogen (secondary N) is 1. The van der Waals surface area contributed by atoms with Gasteiger partial charge in [0.2, 0.25) is 5.91 Å². The molecule has 0 saturated carbocycles. The summed E-state index contributed by atoms with van der Waals surface area (Å²) in [6, 6.07) is 11.9. The zero-order valence-electron chi connectivity index (χ0n) is 24.2. The third kappa shape index (κ3) is 12.4. The summed E-state index contributed by atoms with van der Waals surface area (Å²) in [6.45, 7) is 2.50. The molecule has 0 radical (unpaired) electrons. The molecule has 0 aliphatic carbocycles. The minimum Gasteiger partial charge on any atom is -0.497 e. The van der Waals surface area contributed by atoms with Crippen molar-refractivity contribution in [1.29, 1.82) is 0 Å². The number of carbonyl (C=O) groups excluding carboxylic acids is 2. The van der Waals surface area contributed by atoms with E-state index in [1.54, 1.807) is 56.7 Å². The van der Waals surface area contributed by atoms with Crippen LogP contribution in [0.15, 0.2) is 42.5 Å². The lowest BCUT2D eigenvalue weighted by Crippen LogP contribution is -2.46. The Morgan fingerprint density at radius 3 is 2.12 bits per heavy atom. The fourth-order valence-corrected chi connectivity index (χ4v) is 4.78. The summed E-state index contributed by atoms with van der Waals surface area (Å²) in [5.74, 6) is -1.50. The van der Waals surface area contributed by atoms with E-state index in [-0.39, 0.29) is 11.7 Å². The van der Waals surface area contributed by atoms with Crippen LogP contribution in [0.3, 0.4) is 0 Å². The Bertz CT molecular complexity index is 1190. The molecule has 1 fully saturated rings. The van der Waals surface area contributed by atoms with Gasteiger partial charge in [0, 0.05) is 24.9 Å². The number of likely N-dealkylation sites (tertiary alicyclic amines) is 1. The number of aliphatic hydroxyl groups is 1. The fraction of sp³-hybridized carbons (Fsp3) is 0.500. The van der Waals surface area contributed by atoms with Crippen molar-refractivity contribution in [2.24, 2.45) is 0 Å². The topological polar surface area (TPSA) is 125 Å². The number of aliphatic carboxylic acids is 1. The number of methoxy groups -OCH3 is 2. The van der Waals surface area contributed by atoms with E-state index in [0.717, 1.165) is 44.5 Å². The number of unbranched alkanes of at least 4 members (excludes halogenated alkanes) is 2. The van der Waals surface area contributed by atoms with Crippen molar-refractivity contribution >= 4 is 29.3 Å². The number of hydrogen-bond donors (Lipinski definition) is 3. The molecule has 1 saturated heterocycles. The zero-order chi connectivity index (χ0) is 32.0. The number of rotatable bonds is 14. The van der Waals surface area contributed by atoms with E-state index in [9.17, 15) is 27.9 Å². The van der Waals surface area contributed by atoms with E-state index in [0.29, 0.717) is 47.7 Å². The first-order valence-electron chi connectivity index (χ1n) is 13.9. The number of carboxylic acids is 1. The average Bonchev–Trinajstić information content (AvgIpc) is 3.49. The van der Waals surface area contributed by atoms with Crippen LogP contribution < -0.4 is 14.8 Å². The second-order valence-corrected chi connectivity index (χ2v) is 10.4. The molecule has 0 bridgehead atoms. The third-order valence-corrected chi connectivity index (χ3v) is 7.16. The van der Waals surface area contributed by atoms with Crippen LogP contribution in [-0.2, 0) is 9.59 Å². The predicted molar refractivity (Wildman–Crippen MR) is 155 cm³/mol. The molecule has 43 heavy (non-hydrogen) atoms. The first-order valence-corrected chi connectivity index (χ1v) is 14.2. The van der Waals surface area contributed by atoms with Gasteiger partial charge in [-0.2, -0.15) is 13.2 Å². The number of nitrogens with zero attached hydrogens (tertiary/aromatic N) is 1. The van der Waals surface area contributed by atoms with Crippen LogP contribution in [-0.4, -0.2) is 78.8 Å². The number of carboxylic acid groups (broad SMARTS) is 1. The Balaban J connectivity index is 0.000000821. The lowest BCUT2D eigenvalue weighted by atomic mass is 10.0. The summed E-state index contributed by atoms with van der Waals surface area (Å²) in [5, 5.41) is 21.7. The van der Waals surface area contributed by atoms with Crippen molar-refractivity contribution in [2.75, 3.05) is 33.9 Å². The number of aliphatic hydroxyl groups excluding tert-OH is 1. The van der Waals surface area contributed by atoms with Crippen molar-refractivity contribution in [3.05, 3.63) is 58.6 Å². The van der Waals surface area contributed by atoms with Crippen molar-refractivity contribution in [3.8, 4) is 11.5 Å². The van der Waals surface area contributed by atoms with E-state index < -0.39 is 24.3 Å². The molecule has 2 aromatic rings. The molecule has 1 aliphatic rings. The van der Waals surface area contributed by atoms with Crippen molar-refractivity contribution in [3.63, 3.8) is 0 Å². The van der Waals surface area contributed by atoms with Gasteiger partial charge in [-0.3, -0.25) is 9.59 Å². The van der Waals surface area contributed by atoms with Crippen LogP contribution in [0, 0.1) is 0 Å². The van der Waals surface area contributed by atoms with E-state index in [1.807, 2.05) is 0 Å². The highest BCUT2D eigenvalue weighted by molar-refractivity contribution is 6.32. The number of ketones is 1. The molecule has 2 aromatic carbocycles. The van der Waals surface area contributed by atoms with Gasteiger partial charge in [0.05, 0.1) is 25.3 Å². The van der Waals surface area contributed by atoms with Gasteiger partial charge < -0.3 is 29.9 Å². The largest absolute Gasteiger partial charge is 0.497 e. The molecule has 0 aromatic heterocycles. The number of hydrogen-bond acceptors (Lipinski definition) is 7.